The second-order valence-corrected chi connectivity index (χ2v) is 4.24. The van der Waals surface area contributed by atoms with Gasteiger partial charge in [-0.1, -0.05) is 0 Å². The fourth-order valence-electron chi connectivity index (χ4n) is 0.933. The largest absolute Gasteiger partial charge is 0.375 e. The van der Waals surface area contributed by atoms with Crippen molar-refractivity contribution < 1.29 is 0 Å². The monoisotopic (exact) mass is 415 g/mol. The number of pyridine rings is 1. The third-order valence-electron chi connectivity index (χ3n) is 1.51. The molecule has 0 radical (unpaired) electrons. The highest BCUT2D eigenvalue weighted by Gasteiger charge is 2.02. The predicted octanol–water partition coefficient (Wildman–Crippen LogP) is 3.71. The summed E-state index contributed by atoms with van der Waals surface area (Å²) in [4.78, 5) is 8.33. The van der Waals surface area contributed by atoms with Crippen molar-refractivity contribution in [1.29, 1.82) is 0 Å². The van der Waals surface area contributed by atoms with Crippen LogP contribution in [0.4, 0.5) is 5.13 Å². The Morgan fingerprint density at radius 3 is 2.40 bits per heavy atom. The van der Waals surface area contributed by atoms with Gasteiger partial charge in [0.05, 0.1) is 5.69 Å². The van der Waals surface area contributed by atoms with Crippen LogP contribution in [0.1, 0.15) is 0 Å². The molecule has 2 aromatic rings. The normalized spacial score (nSPS) is 8.87. The van der Waals surface area contributed by atoms with Crippen LogP contribution in [0.3, 0.4) is 0 Å². The van der Waals surface area contributed by atoms with E-state index in [-0.39, 0.29) is 34.0 Å². The zero-order valence-electron chi connectivity index (χ0n) is 7.38. The molecule has 2 rings (SSSR count). The molecule has 0 unspecified atom stereocenters. The Labute approximate surface area is 121 Å². The molecule has 0 aliphatic rings. The van der Waals surface area contributed by atoms with Crippen LogP contribution in [-0.4, -0.2) is 9.97 Å². The minimum atomic E-state index is 0. The number of rotatable bonds is 1. The van der Waals surface area contributed by atoms with E-state index in [1.165, 1.54) is 11.3 Å². The average molecular weight is 418 g/mol. The van der Waals surface area contributed by atoms with Gasteiger partial charge in [0.15, 0.2) is 5.13 Å². The molecule has 0 bridgehead atoms. The van der Waals surface area contributed by atoms with Crippen LogP contribution in [0.25, 0.3) is 11.4 Å². The summed E-state index contributed by atoms with van der Waals surface area (Å²) < 4.78 is 0.958. The van der Waals surface area contributed by atoms with Crippen LogP contribution < -0.4 is 5.73 Å². The number of nitrogen functional groups attached to an aromatic ring is 1. The zero-order valence-corrected chi connectivity index (χ0v) is 13.2. The van der Waals surface area contributed by atoms with Crippen molar-refractivity contribution in [3.8, 4) is 11.4 Å². The van der Waals surface area contributed by atoms with Crippen LogP contribution in [0.5, 0.6) is 0 Å². The Hall–Kier alpha value is 0.0200. The zero-order chi connectivity index (χ0) is 9.26. The maximum absolute atomic E-state index is 5.52. The number of aromatic nitrogens is 2. The maximum atomic E-state index is 5.52. The first-order valence-electron chi connectivity index (χ1n) is 3.58. The van der Waals surface area contributed by atoms with Crippen molar-refractivity contribution in [1.82, 2.24) is 9.97 Å². The molecule has 0 saturated heterocycles. The van der Waals surface area contributed by atoms with Gasteiger partial charge in [0, 0.05) is 16.0 Å². The van der Waals surface area contributed by atoms with Gasteiger partial charge < -0.3 is 5.73 Å². The van der Waals surface area contributed by atoms with Gasteiger partial charge in [-0.05, 0) is 28.1 Å². The molecule has 0 spiro atoms. The van der Waals surface area contributed by atoms with E-state index in [4.69, 9.17) is 5.73 Å². The summed E-state index contributed by atoms with van der Waals surface area (Å²) in [6.45, 7) is 0. The lowest BCUT2D eigenvalue weighted by Crippen LogP contribution is -1.85. The fraction of sp³-hybridized carbons (Fsp3) is 0. The molecule has 2 aromatic heterocycles. The van der Waals surface area contributed by atoms with Crippen LogP contribution >= 0.6 is 61.2 Å². The third-order valence-corrected chi connectivity index (χ3v) is 2.65. The van der Waals surface area contributed by atoms with Gasteiger partial charge >= 0.3 is 0 Å². The average Bonchev–Trinajstić information content (AvgIpc) is 2.53. The van der Waals surface area contributed by atoms with Crippen molar-refractivity contribution >= 4 is 66.4 Å². The van der Waals surface area contributed by atoms with Gasteiger partial charge in [0.2, 0.25) is 0 Å². The lowest BCUT2D eigenvalue weighted by Gasteiger charge is -1.94. The molecule has 0 aromatic carbocycles. The van der Waals surface area contributed by atoms with E-state index in [0.717, 1.165) is 15.9 Å². The lowest BCUT2D eigenvalue weighted by atomic mass is 10.3. The third kappa shape index (κ3) is 3.82. The fourth-order valence-corrected chi connectivity index (χ4v) is 1.72. The highest BCUT2D eigenvalue weighted by atomic mass is 79.9. The molecule has 0 amide bonds. The molecule has 2 heterocycles. The number of hydrogen-bond acceptors (Lipinski definition) is 4. The quantitative estimate of drug-likeness (QED) is 0.769. The van der Waals surface area contributed by atoms with Crippen LogP contribution in [-0.2, 0) is 0 Å². The Balaban J connectivity index is 0.000000980. The summed E-state index contributed by atoms with van der Waals surface area (Å²) in [5.74, 6) is 0. The van der Waals surface area contributed by atoms with Gasteiger partial charge in [-0.25, -0.2) is 4.98 Å². The first-order valence-corrected chi connectivity index (χ1v) is 5.26. The number of anilines is 1. The van der Waals surface area contributed by atoms with Crippen LogP contribution in [0, 0.1) is 0 Å². The lowest BCUT2D eigenvalue weighted by molar-refractivity contribution is 1.27. The minimum absolute atomic E-state index is 0. The van der Waals surface area contributed by atoms with Crippen molar-refractivity contribution in [3.05, 3.63) is 28.2 Å². The van der Waals surface area contributed by atoms with E-state index in [1.807, 2.05) is 17.5 Å². The van der Waals surface area contributed by atoms with E-state index in [9.17, 15) is 0 Å². The first kappa shape index (κ1) is 15.0. The van der Waals surface area contributed by atoms with Gasteiger partial charge in [0.25, 0.3) is 0 Å². The molecular weight excluding hydrogens is 410 g/mol. The second-order valence-electron chi connectivity index (χ2n) is 2.43. The highest BCUT2D eigenvalue weighted by molar-refractivity contribution is 9.10. The molecule has 0 aliphatic heterocycles. The number of nitrogens with two attached hydrogens (primary N) is 1. The van der Waals surface area contributed by atoms with Crippen LogP contribution in [0.2, 0.25) is 0 Å². The Kier molecular flexibility index (Phi) is 6.58. The topological polar surface area (TPSA) is 51.8 Å². The van der Waals surface area contributed by atoms with E-state index >= 15 is 0 Å². The number of thiazole rings is 1. The predicted molar refractivity (Wildman–Crippen MR) is 78.1 cm³/mol. The Morgan fingerprint density at radius 2 is 1.93 bits per heavy atom. The Morgan fingerprint density at radius 1 is 1.20 bits per heavy atom. The molecule has 0 aliphatic carbocycles. The molecule has 0 saturated carbocycles. The molecule has 82 valence electrons. The minimum Gasteiger partial charge on any atom is -0.375 e. The molecular formula is C8H8Br3N3S. The summed E-state index contributed by atoms with van der Waals surface area (Å²) >= 11 is 4.74. The van der Waals surface area contributed by atoms with E-state index in [2.05, 4.69) is 25.9 Å². The highest BCUT2D eigenvalue weighted by Crippen LogP contribution is 2.21. The molecule has 15 heavy (non-hydrogen) atoms. The number of nitrogens with zero attached hydrogens (tertiary/aromatic N) is 2. The maximum Gasteiger partial charge on any atom is 0.180 e. The molecule has 2 N–H and O–H groups in total. The summed E-state index contributed by atoms with van der Waals surface area (Å²) in [5.41, 5.74) is 7.19. The van der Waals surface area contributed by atoms with E-state index < -0.39 is 0 Å². The van der Waals surface area contributed by atoms with Gasteiger partial charge in [-0.15, -0.1) is 45.3 Å². The second kappa shape index (κ2) is 6.57. The molecule has 3 nitrogen and oxygen atoms in total. The van der Waals surface area contributed by atoms with Crippen molar-refractivity contribution in [2.45, 2.75) is 0 Å². The summed E-state index contributed by atoms with van der Waals surface area (Å²) in [6.07, 6.45) is 1.74. The summed E-state index contributed by atoms with van der Waals surface area (Å²) in [6, 6.07) is 3.83. The van der Waals surface area contributed by atoms with Crippen LogP contribution in [0.15, 0.2) is 28.2 Å². The number of hydrogen-bond donors (Lipinski definition) is 1. The molecule has 7 heteroatoms. The summed E-state index contributed by atoms with van der Waals surface area (Å²) in [7, 11) is 0. The van der Waals surface area contributed by atoms with Gasteiger partial charge in [-0.2, -0.15) is 0 Å². The SMILES string of the molecule is Br.Br.Nc1nc(-c2ccc(Br)cn2)cs1. The van der Waals surface area contributed by atoms with E-state index in [1.54, 1.807) is 6.20 Å². The van der Waals surface area contributed by atoms with Crippen molar-refractivity contribution in [3.63, 3.8) is 0 Å². The van der Waals surface area contributed by atoms with Gasteiger partial charge in [0.1, 0.15) is 5.69 Å². The van der Waals surface area contributed by atoms with E-state index in [0.29, 0.717) is 5.13 Å². The standard InChI is InChI=1S/C8H6BrN3S.2BrH/c9-5-1-2-6(11-3-5)7-4-13-8(10)12-7;;/h1-4H,(H2,10,12);2*1H. The molecule has 0 fully saturated rings. The number of halogens is 3. The van der Waals surface area contributed by atoms with Crippen molar-refractivity contribution in [2.24, 2.45) is 0 Å². The smallest absolute Gasteiger partial charge is 0.180 e. The summed E-state index contributed by atoms with van der Waals surface area (Å²) in [5, 5.41) is 2.46. The molecule has 0 atom stereocenters. The van der Waals surface area contributed by atoms with Crippen molar-refractivity contribution in [2.75, 3.05) is 5.73 Å². The first-order chi connectivity index (χ1) is 6.25. The van der Waals surface area contributed by atoms with Gasteiger partial charge in [-0.3, -0.25) is 4.98 Å². The Bertz CT molecular complexity index is 415.